The van der Waals surface area contributed by atoms with Crippen molar-refractivity contribution >= 4 is 40.3 Å². The van der Waals surface area contributed by atoms with Crippen molar-refractivity contribution in [3.8, 4) is 23.0 Å². The van der Waals surface area contributed by atoms with Crippen LogP contribution >= 0.6 is 23.8 Å². The zero-order valence-corrected chi connectivity index (χ0v) is 15.9. The van der Waals surface area contributed by atoms with Crippen LogP contribution in [0.1, 0.15) is 0 Å². The van der Waals surface area contributed by atoms with Crippen molar-refractivity contribution in [2.45, 2.75) is 0 Å². The Morgan fingerprint density at radius 1 is 0.800 bits per heavy atom. The Bertz CT molecular complexity index is 748. The maximum atomic E-state index is 6.10. The van der Waals surface area contributed by atoms with Gasteiger partial charge in [0.05, 0.1) is 39.1 Å². The van der Waals surface area contributed by atoms with E-state index in [4.69, 9.17) is 42.8 Å². The number of hydrogen-bond donors (Lipinski definition) is 2. The van der Waals surface area contributed by atoms with Gasteiger partial charge >= 0.3 is 0 Å². The third kappa shape index (κ3) is 4.80. The molecule has 2 rings (SSSR count). The predicted molar refractivity (Wildman–Crippen MR) is 104 cm³/mol. The molecular formula is C17H19ClN2O4S. The van der Waals surface area contributed by atoms with Crippen molar-refractivity contribution in [3.05, 3.63) is 35.4 Å². The van der Waals surface area contributed by atoms with Gasteiger partial charge in [0.15, 0.2) is 5.11 Å². The van der Waals surface area contributed by atoms with Crippen LogP contribution in [0.5, 0.6) is 23.0 Å². The lowest BCUT2D eigenvalue weighted by Gasteiger charge is -2.16. The molecule has 2 aromatic carbocycles. The Morgan fingerprint density at radius 3 is 1.92 bits per heavy atom. The molecule has 0 amide bonds. The lowest BCUT2D eigenvalue weighted by atomic mass is 10.2. The van der Waals surface area contributed by atoms with Crippen LogP contribution in [0.25, 0.3) is 0 Å². The van der Waals surface area contributed by atoms with Crippen molar-refractivity contribution in [2.24, 2.45) is 0 Å². The Labute approximate surface area is 157 Å². The predicted octanol–water partition coefficient (Wildman–Crippen LogP) is 4.18. The molecule has 6 nitrogen and oxygen atoms in total. The molecule has 0 aliphatic heterocycles. The molecule has 0 heterocycles. The van der Waals surface area contributed by atoms with E-state index < -0.39 is 0 Å². The average Bonchev–Trinajstić information content (AvgIpc) is 2.62. The SMILES string of the molecule is COc1cc(NC(=S)Nc2cc(OC)c(Cl)cc2OC)cc(OC)c1. The smallest absolute Gasteiger partial charge is 0.175 e. The number of halogens is 1. The molecular weight excluding hydrogens is 364 g/mol. The molecule has 0 fully saturated rings. The van der Waals surface area contributed by atoms with Gasteiger partial charge in [0.2, 0.25) is 0 Å². The normalized spacial score (nSPS) is 9.96. The van der Waals surface area contributed by atoms with Crippen molar-refractivity contribution in [1.29, 1.82) is 0 Å². The minimum atomic E-state index is 0.359. The molecule has 2 aromatic rings. The van der Waals surface area contributed by atoms with E-state index in [0.29, 0.717) is 44.5 Å². The van der Waals surface area contributed by atoms with Crippen LogP contribution in [0.4, 0.5) is 11.4 Å². The van der Waals surface area contributed by atoms with Gasteiger partial charge < -0.3 is 29.6 Å². The fourth-order valence-electron chi connectivity index (χ4n) is 2.12. The fourth-order valence-corrected chi connectivity index (χ4v) is 2.58. The average molecular weight is 383 g/mol. The molecule has 0 saturated carbocycles. The van der Waals surface area contributed by atoms with Gasteiger partial charge in [0.1, 0.15) is 23.0 Å². The Hall–Kier alpha value is -2.38. The summed E-state index contributed by atoms with van der Waals surface area (Å²) in [6, 6.07) is 8.74. The lowest BCUT2D eigenvalue weighted by Crippen LogP contribution is -2.19. The molecule has 8 heteroatoms. The third-order valence-electron chi connectivity index (χ3n) is 3.33. The molecule has 2 N–H and O–H groups in total. The second-order valence-corrected chi connectivity index (χ2v) is 5.68. The van der Waals surface area contributed by atoms with Crippen molar-refractivity contribution in [1.82, 2.24) is 0 Å². The zero-order chi connectivity index (χ0) is 18.4. The van der Waals surface area contributed by atoms with E-state index in [-0.39, 0.29) is 0 Å². The number of rotatable bonds is 6. The van der Waals surface area contributed by atoms with Crippen LogP contribution in [0.15, 0.2) is 30.3 Å². The molecule has 0 aliphatic carbocycles. The van der Waals surface area contributed by atoms with Crippen LogP contribution < -0.4 is 29.6 Å². The highest BCUT2D eigenvalue weighted by Crippen LogP contribution is 2.36. The summed E-state index contributed by atoms with van der Waals surface area (Å²) in [5, 5.41) is 6.94. The first-order valence-corrected chi connectivity index (χ1v) is 8.02. The number of methoxy groups -OCH3 is 4. The van der Waals surface area contributed by atoms with E-state index in [2.05, 4.69) is 10.6 Å². The van der Waals surface area contributed by atoms with Crippen LogP contribution in [0.2, 0.25) is 5.02 Å². The highest BCUT2D eigenvalue weighted by Gasteiger charge is 2.12. The van der Waals surface area contributed by atoms with Crippen LogP contribution in [-0.2, 0) is 0 Å². The standard InChI is InChI=1S/C17H19ClN2O4S/c1-21-11-5-10(6-12(7-11)22-2)19-17(25)20-14-9-15(23-3)13(18)8-16(14)24-4/h5-9H,1-4H3,(H2,19,20,25). The van der Waals surface area contributed by atoms with Gasteiger partial charge in [-0.25, -0.2) is 0 Å². The van der Waals surface area contributed by atoms with E-state index in [1.165, 1.54) is 7.11 Å². The van der Waals surface area contributed by atoms with Crippen molar-refractivity contribution < 1.29 is 18.9 Å². The van der Waals surface area contributed by atoms with E-state index in [1.807, 2.05) is 0 Å². The van der Waals surface area contributed by atoms with Gasteiger partial charge in [-0.1, -0.05) is 11.6 Å². The van der Waals surface area contributed by atoms with Gasteiger partial charge in [0, 0.05) is 36.0 Å². The van der Waals surface area contributed by atoms with Crippen LogP contribution in [-0.4, -0.2) is 33.6 Å². The maximum absolute atomic E-state index is 6.10. The summed E-state index contributed by atoms with van der Waals surface area (Å²) in [5.74, 6) is 2.35. The highest BCUT2D eigenvalue weighted by atomic mass is 35.5. The molecule has 0 bridgehead atoms. The summed E-state index contributed by atoms with van der Waals surface area (Å²) < 4.78 is 21.0. The maximum Gasteiger partial charge on any atom is 0.175 e. The molecule has 134 valence electrons. The van der Waals surface area contributed by atoms with Crippen molar-refractivity contribution in [3.63, 3.8) is 0 Å². The molecule has 0 spiro atoms. The third-order valence-corrected chi connectivity index (χ3v) is 3.83. The number of thiocarbonyl (C=S) groups is 1. The first kappa shape index (κ1) is 19.0. The number of nitrogens with one attached hydrogen (secondary N) is 2. The van der Waals surface area contributed by atoms with Crippen LogP contribution in [0.3, 0.4) is 0 Å². The van der Waals surface area contributed by atoms with Gasteiger partial charge in [-0.15, -0.1) is 0 Å². The topological polar surface area (TPSA) is 61.0 Å². The number of anilines is 2. The monoisotopic (exact) mass is 382 g/mol. The van der Waals surface area contributed by atoms with E-state index >= 15 is 0 Å². The van der Waals surface area contributed by atoms with Gasteiger partial charge in [-0.3, -0.25) is 0 Å². The van der Waals surface area contributed by atoms with Crippen LogP contribution in [0, 0.1) is 0 Å². The summed E-state index contributed by atoms with van der Waals surface area (Å²) in [6.45, 7) is 0. The summed E-state index contributed by atoms with van der Waals surface area (Å²) in [5.41, 5.74) is 1.34. The fraction of sp³-hybridized carbons (Fsp3) is 0.235. The minimum absolute atomic E-state index is 0.359. The summed E-state index contributed by atoms with van der Waals surface area (Å²) >= 11 is 11.5. The minimum Gasteiger partial charge on any atom is -0.497 e. The Kier molecular flexibility index (Phi) is 6.55. The molecule has 0 saturated heterocycles. The molecule has 0 unspecified atom stereocenters. The quantitative estimate of drug-likeness (QED) is 0.726. The second kappa shape index (κ2) is 8.64. The van der Waals surface area contributed by atoms with Gasteiger partial charge in [-0.2, -0.15) is 0 Å². The number of ether oxygens (including phenoxy) is 4. The van der Waals surface area contributed by atoms with Gasteiger partial charge in [-0.05, 0) is 12.2 Å². The van der Waals surface area contributed by atoms with E-state index in [0.717, 1.165) is 0 Å². The number of hydrogen-bond acceptors (Lipinski definition) is 5. The molecule has 0 atom stereocenters. The molecule has 25 heavy (non-hydrogen) atoms. The molecule has 0 aromatic heterocycles. The van der Waals surface area contributed by atoms with Gasteiger partial charge in [0.25, 0.3) is 0 Å². The van der Waals surface area contributed by atoms with E-state index in [1.54, 1.807) is 51.7 Å². The summed E-state index contributed by atoms with van der Waals surface area (Å²) in [6.07, 6.45) is 0. The van der Waals surface area contributed by atoms with Crippen molar-refractivity contribution in [2.75, 3.05) is 39.1 Å². The zero-order valence-electron chi connectivity index (χ0n) is 14.3. The Morgan fingerprint density at radius 2 is 1.40 bits per heavy atom. The second-order valence-electron chi connectivity index (χ2n) is 4.87. The summed E-state index contributed by atoms with van der Waals surface area (Å²) in [7, 11) is 6.25. The largest absolute Gasteiger partial charge is 0.497 e. The molecule has 0 radical (unpaired) electrons. The lowest BCUT2D eigenvalue weighted by molar-refractivity contribution is 0.395. The first-order valence-electron chi connectivity index (χ1n) is 7.23. The summed E-state index contributed by atoms with van der Waals surface area (Å²) in [4.78, 5) is 0. The van der Waals surface area contributed by atoms with E-state index in [9.17, 15) is 0 Å². The Balaban J connectivity index is 2.20. The molecule has 0 aliphatic rings. The number of benzene rings is 2. The highest BCUT2D eigenvalue weighted by molar-refractivity contribution is 7.80. The first-order chi connectivity index (χ1) is 12.0.